The van der Waals surface area contributed by atoms with E-state index in [1.165, 1.54) is 0 Å². The molecule has 0 unspecified atom stereocenters. The molecule has 0 bridgehead atoms. The van der Waals surface area contributed by atoms with E-state index in [-0.39, 0.29) is 11.3 Å². The molecule has 0 aliphatic carbocycles. The molecule has 1 N–H and O–H groups in total. The average molecular weight is 315 g/mol. The zero-order valence-corrected chi connectivity index (χ0v) is 14.1. The largest absolute Gasteiger partial charge is 0.449 e. The Hall–Kier alpha value is -2.04. The molecule has 3 rings (SSSR count). The molecular formula is C18H25N3O2. The molecule has 0 atom stereocenters. The van der Waals surface area contributed by atoms with E-state index in [9.17, 15) is 4.79 Å². The Bertz CT molecular complexity index is 644. The molecule has 23 heavy (non-hydrogen) atoms. The highest BCUT2D eigenvalue weighted by molar-refractivity contribution is 5.94. The summed E-state index contributed by atoms with van der Waals surface area (Å²) in [5.41, 5.74) is 1.77. The molecule has 1 fully saturated rings. The van der Waals surface area contributed by atoms with Crippen molar-refractivity contribution in [1.29, 1.82) is 0 Å². The molecule has 2 aromatic heterocycles. The van der Waals surface area contributed by atoms with Gasteiger partial charge in [0.15, 0.2) is 5.89 Å². The quantitative estimate of drug-likeness (QED) is 0.944. The Kier molecular flexibility index (Phi) is 4.28. The maximum Gasteiger partial charge on any atom is 0.255 e. The summed E-state index contributed by atoms with van der Waals surface area (Å²) in [6, 6.07) is 1.83. The van der Waals surface area contributed by atoms with E-state index in [1.54, 1.807) is 18.7 Å². The zero-order valence-electron chi connectivity index (χ0n) is 14.1. The second kappa shape index (κ2) is 6.22. The summed E-state index contributed by atoms with van der Waals surface area (Å²) in [6.45, 7) is 8.03. The number of H-pyrrole nitrogens is 1. The molecule has 5 heteroatoms. The number of carbonyl (C=O) groups is 1. The summed E-state index contributed by atoms with van der Waals surface area (Å²) in [7, 11) is 0. The lowest BCUT2D eigenvalue weighted by Gasteiger charge is -2.31. The van der Waals surface area contributed by atoms with Crippen LogP contribution in [0.25, 0.3) is 0 Å². The lowest BCUT2D eigenvalue weighted by atomic mass is 9.92. The van der Waals surface area contributed by atoms with Gasteiger partial charge in [-0.25, -0.2) is 4.98 Å². The van der Waals surface area contributed by atoms with Crippen LogP contribution < -0.4 is 0 Å². The minimum atomic E-state index is 0.0219. The van der Waals surface area contributed by atoms with Gasteiger partial charge in [0.05, 0.1) is 11.3 Å². The fraction of sp³-hybridized carbons (Fsp3) is 0.556. The molecule has 5 nitrogen and oxygen atoms in total. The second-order valence-electron chi connectivity index (χ2n) is 7.42. The summed E-state index contributed by atoms with van der Waals surface area (Å²) in [4.78, 5) is 21.8. The molecular weight excluding hydrogens is 290 g/mol. The molecule has 124 valence electrons. The molecule has 1 aliphatic heterocycles. The van der Waals surface area contributed by atoms with E-state index >= 15 is 0 Å². The Balaban J connectivity index is 1.53. The highest BCUT2D eigenvalue weighted by Crippen LogP contribution is 2.25. The van der Waals surface area contributed by atoms with Gasteiger partial charge in [0.2, 0.25) is 0 Å². The second-order valence-corrected chi connectivity index (χ2v) is 7.42. The number of oxazole rings is 1. The van der Waals surface area contributed by atoms with Crippen LogP contribution in [-0.2, 0) is 11.8 Å². The number of amides is 1. The number of piperidine rings is 1. The van der Waals surface area contributed by atoms with Crippen molar-refractivity contribution in [2.75, 3.05) is 13.1 Å². The summed E-state index contributed by atoms with van der Waals surface area (Å²) >= 11 is 0. The van der Waals surface area contributed by atoms with E-state index in [2.05, 4.69) is 30.7 Å². The minimum Gasteiger partial charge on any atom is -0.449 e. The van der Waals surface area contributed by atoms with Crippen LogP contribution in [0.15, 0.2) is 29.1 Å². The molecule has 0 aromatic carbocycles. The third kappa shape index (κ3) is 3.66. The number of carbonyl (C=O) groups excluding carboxylic acids is 1. The topological polar surface area (TPSA) is 62.1 Å². The van der Waals surface area contributed by atoms with Gasteiger partial charge in [-0.3, -0.25) is 4.79 Å². The Morgan fingerprint density at radius 2 is 2.13 bits per heavy atom. The van der Waals surface area contributed by atoms with Crippen molar-refractivity contribution in [2.24, 2.45) is 5.92 Å². The van der Waals surface area contributed by atoms with Crippen molar-refractivity contribution in [1.82, 2.24) is 14.9 Å². The van der Waals surface area contributed by atoms with Gasteiger partial charge in [0, 0.05) is 37.3 Å². The van der Waals surface area contributed by atoms with Crippen molar-refractivity contribution in [3.05, 3.63) is 41.9 Å². The van der Waals surface area contributed by atoms with Gasteiger partial charge in [-0.2, -0.15) is 0 Å². The van der Waals surface area contributed by atoms with Crippen molar-refractivity contribution in [2.45, 2.75) is 45.4 Å². The fourth-order valence-electron chi connectivity index (χ4n) is 2.98. The summed E-state index contributed by atoms with van der Waals surface area (Å²) < 4.78 is 5.63. The number of nitrogens with one attached hydrogen (secondary N) is 1. The molecule has 0 spiro atoms. The number of hydrogen-bond acceptors (Lipinski definition) is 3. The van der Waals surface area contributed by atoms with Crippen LogP contribution in [0.2, 0.25) is 0 Å². The molecule has 0 saturated carbocycles. The standard InChI is InChI=1S/C18H25N3O2/c1-18(2,3)15-12-23-16(20-15)10-13-5-8-21(9-6-13)17(22)14-4-7-19-11-14/h4,7,11-13,19H,5-6,8-10H2,1-3H3. The normalized spacial score (nSPS) is 16.7. The van der Waals surface area contributed by atoms with E-state index < -0.39 is 0 Å². The highest BCUT2D eigenvalue weighted by atomic mass is 16.3. The first kappa shape index (κ1) is 15.8. The van der Waals surface area contributed by atoms with Gasteiger partial charge in [-0.1, -0.05) is 20.8 Å². The third-order valence-electron chi connectivity index (χ3n) is 4.53. The zero-order chi connectivity index (χ0) is 16.4. The van der Waals surface area contributed by atoms with Crippen molar-refractivity contribution in [3.63, 3.8) is 0 Å². The number of hydrogen-bond donors (Lipinski definition) is 1. The van der Waals surface area contributed by atoms with Gasteiger partial charge in [0.1, 0.15) is 6.26 Å². The third-order valence-corrected chi connectivity index (χ3v) is 4.53. The predicted molar refractivity (Wildman–Crippen MR) is 88.3 cm³/mol. The van der Waals surface area contributed by atoms with Crippen LogP contribution in [0.1, 0.15) is 55.6 Å². The average Bonchev–Trinajstić information content (AvgIpc) is 3.18. The van der Waals surface area contributed by atoms with Gasteiger partial charge in [-0.15, -0.1) is 0 Å². The first-order valence-corrected chi connectivity index (χ1v) is 8.30. The van der Waals surface area contributed by atoms with E-state index in [1.807, 2.05) is 11.0 Å². The summed E-state index contributed by atoms with van der Waals surface area (Å²) in [6.07, 6.45) is 8.19. The van der Waals surface area contributed by atoms with E-state index in [4.69, 9.17) is 4.42 Å². The summed E-state index contributed by atoms with van der Waals surface area (Å²) in [5.74, 6) is 1.48. The maximum absolute atomic E-state index is 12.3. The van der Waals surface area contributed by atoms with E-state index in [0.717, 1.165) is 49.5 Å². The number of likely N-dealkylation sites (tertiary alicyclic amines) is 1. The number of aromatic amines is 1. The van der Waals surface area contributed by atoms with Gasteiger partial charge >= 0.3 is 0 Å². The van der Waals surface area contributed by atoms with Gasteiger partial charge < -0.3 is 14.3 Å². The van der Waals surface area contributed by atoms with Gasteiger partial charge in [-0.05, 0) is 24.8 Å². The first-order valence-electron chi connectivity index (χ1n) is 8.30. The molecule has 3 heterocycles. The number of rotatable bonds is 3. The molecule has 0 radical (unpaired) electrons. The Morgan fingerprint density at radius 1 is 1.39 bits per heavy atom. The SMILES string of the molecule is CC(C)(C)c1coc(CC2CCN(C(=O)c3cc[nH]c3)CC2)n1. The smallest absolute Gasteiger partial charge is 0.255 e. The Labute approximate surface area is 137 Å². The van der Waals surface area contributed by atoms with Crippen LogP contribution in [0.3, 0.4) is 0 Å². The molecule has 1 aliphatic rings. The highest BCUT2D eigenvalue weighted by Gasteiger charge is 2.26. The van der Waals surface area contributed by atoms with E-state index in [0.29, 0.717) is 5.92 Å². The Morgan fingerprint density at radius 3 is 2.70 bits per heavy atom. The molecule has 1 amide bonds. The van der Waals surface area contributed by atoms with Crippen molar-refractivity contribution < 1.29 is 9.21 Å². The maximum atomic E-state index is 12.3. The first-order chi connectivity index (χ1) is 10.9. The van der Waals surface area contributed by atoms with Crippen molar-refractivity contribution >= 4 is 5.91 Å². The monoisotopic (exact) mass is 315 g/mol. The van der Waals surface area contributed by atoms with Crippen LogP contribution in [0, 0.1) is 5.92 Å². The minimum absolute atomic E-state index is 0.0219. The lowest BCUT2D eigenvalue weighted by molar-refractivity contribution is 0.0688. The van der Waals surface area contributed by atoms with Crippen LogP contribution in [-0.4, -0.2) is 33.9 Å². The number of aromatic nitrogens is 2. The molecule has 1 saturated heterocycles. The van der Waals surface area contributed by atoms with Crippen LogP contribution >= 0.6 is 0 Å². The van der Waals surface area contributed by atoms with Crippen LogP contribution in [0.4, 0.5) is 0 Å². The van der Waals surface area contributed by atoms with Gasteiger partial charge in [0.25, 0.3) is 5.91 Å². The fourth-order valence-corrected chi connectivity index (χ4v) is 2.98. The van der Waals surface area contributed by atoms with Crippen LogP contribution in [0.5, 0.6) is 0 Å². The van der Waals surface area contributed by atoms with Crippen molar-refractivity contribution in [3.8, 4) is 0 Å². The number of nitrogens with zero attached hydrogens (tertiary/aromatic N) is 2. The molecule has 2 aromatic rings. The summed E-state index contributed by atoms with van der Waals surface area (Å²) in [5, 5.41) is 0. The lowest BCUT2D eigenvalue weighted by Crippen LogP contribution is -2.38. The predicted octanol–water partition coefficient (Wildman–Crippen LogP) is 3.40.